The Balaban J connectivity index is 1.90. The molecule has 3 N–H and O–H groups in total. The molecular weight excluding hydrogens is 216 g/mol. The second-order valence-electron chi connectivity index (χ2n) is 5.74. The first-order valence-electron chi connectivity index (χ1n) is 6.82. The third-order valence-corrected chi connectivity index (χ3v) is 4.30. The molecule has 0 radical (unpaired) electrons. The first-order valence-corrected chi connectivity index (χ1v) is 6.82. The average Bonchev–Trinajstić information content (AvgIpc) is 2.33. The Morgan fingerprint density at radius 2 is 1.94 bits per heavy atom. The van der Waals surface area contributed by atoms with Crippen LogP contribution in [-0.2, 0) is 4.79 Å². The van der Waals surface area contributed by atoms with Crippen LogP contribution in [-0.4, -0.2) is 36.2 Å². The van der Waals surface area contributed by atoms with E-state index in [4.69, 9.17) is 0 Å². The summed E-state index contributed by atoms with van der Waals surface area (Å²) in [6.45, 7) is 3.87. The molecule has 98 valence electrons. The molecule has 1 aliphatic heterocycles. The van der Waals surface area contributed by atoms with E-state index < -0.39 is 0 Å². The van der Waals surface area contributed by atoms with Gasteiger partial charge in [0, 0.05) is 5.41 Å². The van der Waals surface area contributed by atoms with E-state index >= 15 is 0 Å². The van der Waals surface area contributed by atoms with Gasteiger partial charge in [-0.2, -0.15) is 0 Å². The van der Waals surface area contributed by atoms with Crippen LogP contribution in [0.25, 0.3) is 0 Å². The van der Waals surface area contributed by atoms with Gasteiger partial charge in [0.15, 0.2) is 0 Å². The summed E-state index contributed by atoms with van der Waals surface area (Å²) in [5.41, 5.74) is -0.248. The molecule has 1 amide bonds. The minimum absolute atomic E-state index is 0.0250. The van der Waals surface area contributed by atoms with E-state index in [2.05, 4.69) is 10.6 Å². The van der Waals surface area contributed by atoms with E-state index in [0.29, 0.717) is 0 Å². The Kier molecular flexibility index (Phi) is 4.05. The van der Waals surface area contributed by atoms with Gasteiger partial charge in [0.25, 0.3) is 0 Å². The molecule has 2 aliphatic rings. The molecule has 1 saturated carbocycles. The van der Waals surface area contributed by atoms with Crippen molar-refractivity contribution in [2.24, 2.45) is 5.41 Å². The fourth-order valence-electron chi connectivity index (χ4n) is 2.83. The molecule has 0 aromatic rings. The fourth-order valence-corrected chi connectivity index (χ4v) is 2.83. The minimum Gasteiger partial charge on any atom is -0.391 e. The standard InChI is InChI=1S/C13H24N2O2/c1-13(6-8-14-9-7-13)12(17)15-10-4-2-3-5-11(10)16/h10-11,14,16H,2-9H2,1H3,(H,15,17)/t10-,11-/m1/s1. The topological polar surface area (TPSA) is 61.4 Å². The van der Waals surface area contributed by atoms with E-state index in [1.54, 1.807) is 0 Å². The summed E-state index contributed by atoms with van der Waals surface area (Å²) in [5, 5.41) is 16.2. The lowest BCUT2D eigenvalue weighted by atomic mass is 9.79. The van der Waals surface area contributed by atoms with Crippen molar-refractivity contribution in [3.8, 4) is 0 Å². The summed E-state index contributed by atoms with van der Waals surface area (Å²) in [5.74, 6) is 0.130. The smallest absolute Gasteiger partial charge is 0.226 e. The molecule has 2 atom stereocenters. The lowest BCUT2D eigenvalue weighted by Crippen LogP contribution is -2.52. The number of aliphatic hydroxyl groups is 1. The van der Waals surface area contributed by atoms with Crippen LogP contribution in [0, 0.1) is 5.41 Å². The highest BCUT2D eigenvalue weighted by molar-refractivity contribution is 5.82. The zero-order chi connectivity index (χ0) is 12.3. The van der Waals surface area contributed by atoms with Crippen molar-refractivity contribution < 1.29 is 9.90 Å². The first-order chi connectivity index (χ1) is 8.12. The third kappa shape index (κ3) is 2.99. The van der Waals surface area contributed by atoms with Gasteiger partial charge in [0.1, 0.15) is 0 Å². The molecule has 0 aromatic carbocycles. The molecule has 1 heterocycles. The van der Waals surface area contributed by atoms with Crippen LogP contribution in [0.3, 0.4) is 0 Å². The number of amides is 1. The van der Waals surface area contributed by atoms with Gasteiger partial charge in [-0.15, -0.1) is 0 Å². The van der Waals surface area contributed by atoms with Crippen molar-refractivity contribution in [3.05, 3.63) is 0 Å². The van der Waals surface area contributed by atoms with Crippen LogP contribution >= 0.6 is 0 Å². The molecule has 17 heavy (non-hydrogen) atoms. The number of piperidine rings is 1. The lowest BCUT2D eigenvalue weighted by molar-refractivity contribution is -0.133. The second-order valence-corrected chi connectivity index (χ2v) is 5.74. The molecule has 0 aromatic heterocycles. The molecule has 1 aliphatic carbocycles. The predicted molar refractivity (Wildman–Crippen MR) is 66.6 cm³/mol. The Labute approximate surface area is 103 Å². The van der Waals surface area contributed by atoms with Gasteiger partial charge >= 0.3 is 0 Å². The second kappa shape index (κ2) is 5.36. The lowest BCUT2D eigenvalue weighted by Gasteiger charge is -2.36. The number of carbonyl (C=O) groups is 1. The van der Waals surface area contributed by atoms with Gasteiger partial charge in [-0.3, -0.25) is 4.79 Å². The highest BCUT2D eigenvalue weighted by Gasteiger charge is 2.36. The summed E-state index contributed by atoms with van der Waals surface area (Å²) in [7, 11) is 0. The largest absolute Gasteiger partial charge is 0.391 e. The molecule has 4 nitrogen and oxygen atoms in total. The summed E-state index contributed by atoms with van der Waals surface area (Å²) >= 11 is 0. The van der Waals surface area contributed by atoms with Crippen molar-refractivity contribution >= 4 is 5.91 Å². The van der Waals surface area contributed by atoms with Crippen molar-refractivity contribution in [3.63, 3.8) is 0 Å². The molecule has 1 saturated heterocycles. The van der Waals surface area contributed by atoms with Crippen molar-refractivity contribution in [2.45, 2.75) is 57.6 Å². The molecule has 2 rings (SSSR count). The van der Waals surface area contributed by atoms with Gasteiger partial charge in [0.05, 0.1) is 12.1 Å². The maximum absolute atomic E-state index is 12.3. The van der Waals surface area contributed by atoms with E-state index in [1.165, 1.54) is 0 Å². The van der Waals surface area contributed by atoms with Gasteiger partial charge in [-0.25, -0.2) is 0 Å². The van der Waals surface area contributed by atoms with E-state index in [9.17, 15) is 9.90 Å². The maximum atomic E-state index is 12.3. The third-order valence-electron chi connectivity index (χ3n) is 4.30. The van der Waals surface area contributed by atoms with Crippen LogP contribution in [0.2, 0.25) is 0 Å². The Hall–Kier alpha value is -0.610. The van der Waals surface area contributed by atoms with E-state index in [0.717, 1.165) is 51.6 Å². The maximum Gasteiger partial charge on any atom is 0.226 e. The molecule has 0 unspecified atom stereocenters. The van der Waals surface area contributed by atoms with Crippen LogP contribution in [0.5, 0.6) is 0 Å². The average molecular weight is 240 g/mol. The fraction of sp³-hybridized carbons (Fsp3) is 0.923. The van der Waals surface area contributed by atoms with E-state index in [1.807, 2.05) is 6.92 Å². The minimum atomic E-state index is -0.349. The Bertz CT molecular complexity index is 275. The van der Waals surface area contributed by atoms with Gasteiger partial charge in [-0.05, 0) is 38.8 Å². The number of nitrogens with one attached hydrogen (secondary N) is 2. The predicted octanol–water partition coefficient (Wildman–Crippen LogP) is 0.796. The van der Waals surface area contributed by atoms with Gasteiger partial charge in [0.2, 0.25) is 5.91 Å². The highest BCUT2D eigenvalue weighted by atomic mass is 16.3. The normalized spacial score (nSPS) is 33.1. The summed E-state index contributed by atoms with van der Waals surface area (Å²) in [6, 6.07) is -0.0250. The summed E-state index contributed by atoms with van der Waals surface area (Å²) < 4.78 is 0. The van der Waals surface area contributed by atoms with Crippen LogP contribution < -0.4 is 10.6 Å². The molecule has 0 bridgehead atoms. The SMILES string of the molecule is CC1(C(=O)N[C@@H]2CCCC[C@H]2O)CCNCC1. The molecule has 4 heteroatoms. The number of aliphatic hydroxyl groups excluding tert-OH is 1. The van der Waals surface area contributed by atoms with Crippen molar-refractivity contribution in [2.75, 3.05) is 13.1 Å². The first kappa shape index (κ1) is 12.8. The quantitative estimate of drug-likeness (QED) is 0.669. The van der Waals surface area contributed by atoms with Crippen LogP contribution in [0.4, 0.5) is 0 Å². The number of carbonyl (C=O) groups excluding carboxylic acids is 1. The monoisotopic (exact) mass is 240 g/mol. The molecular formula is C13H24N2O2. The zero-order valence-electron chi connectivity index (χ0n) is 10.7. The number of rotatable bonds is 2. The summed E-state index contributed by atoms with van der Waals surface area (Å²) in [6.07, 6.45) is 5.36. The molecule has 0 spiro atoms. The van der Waals surface area contributed by atoms with Gasteiger partial charge in [-0.1, -0.05) is 19.8 Å². The Morgan fingerprint density at radius 3 is 2.59 bits per heavy atom. The van der Waals surface area contributed by atoms with Crippen LogP contribution in [0.15, 0.2) is 0 Å². The highest BCUT2D eigenvalue weighted by Crippen LogP contribution is 2.29. The van der Waals surface area contributed by atoms with Crippen LogP contribution in [0.1, 0.15) is 45.4 Å². The van der Waals surface area contributed by atoms with Crippen molar-refractivity contribution in [1.82, 2.24) is 10.6 Å². The Morgan fingerprint density at radius 1 is 1.29 bits per heavy atom. The number of hydrogen-bond donors (Lipinski definition) is 3. The number of hydrogen-bond acceptors (Lipinski definition) is 3. The summed E-state index contributed by atoms with van der Waals surface area (Å²) in [4.78, 5) is 12.3. The zero-order valence-corrected chi connectivity index (χ0v) is 10.7. The van der Waals surface area contributed by atoms with E-state index in [-0.39, 0.29) is 23.5 Å². The molecule has 2 fully saturated rings. The van der Waals surface area contributed by atoms with Crippen molar-refractivity contribution in [1.29, 1.82) is 0 Å². The van der Waals surface area contributed by atoms with Gasteiger partial charge < -0.3 is 15.7 Å².